The number of aryl methyl sites for hydroxylation is 1. The topological polar surface area (TPSA) is 64.3 Å². The molecule has 2 aromatic heterocycles. The third-order valence-corrected chi connectivity index (χ3v) is 5.36. The summed E-state index contributed by atoms with van der Waals surface area (Å²) in [5.74, 6) is 0.985. The molecule has 0 unspecified atom stereocenters. The molecule has 6 nitrogen and oxygen atoms in total. The van der Waals surface area contributed by atoms with E-state index < -0.39 is 11.7 Å². The van der Waals surface area contributed by atoms with Crippen LogP contribution in [-0.4, -0.2) is 41.4 Å². The lowest BCUT2D eigenvalue weighted by molar-refractivity contribution is -0.137. The van der Waals surface area contributed by atoms with Crippen molar-refractivity contribution in [1.82, 2.24) is 15.1 Å². The number of rotatable bonds is 3. The van der Waals surface area contributed by atoms with Crippen LogP contribution in [0.2, 0.25) is 0 Å². The molecule has 1 aliphatic rings. The largest absolute Gasteiger partial charge is 0.416 e. The molecule has 0 N–H and O–H groups in total. The van der Waals surface area contributed by atoms with Crippen LogP contribution in [0.5, 0.6) is 0 Å². The second-order valence-electron chi connectivity index (χ2n) is 7.66. The summed E-state index contributed by atoms with van der Waals surface area (Å²) in [5, 5.41) is 4.99. The number of halogens is 3. The fourth-order valence-corrected chi connectivity index (χ4v) is 3.75. The highest BCUT2D eigenvalue weighted by Crippen LogP contribution is 2.35. The Morgan fingerprint density at radius 2 is 1.78 bits per heavy atom. The first-order chi connectivity index (χ1) is 15.4. The van der Waals surface area contributed by atoms with Gasteiger partial charge < -0.3 is 14.2 Å². The molecular formula is C23H19F3N4O2. The van der Waals surface area contributed by atoms with Gasteiger partial charge in [0.05, 0.1) is 29.9 Å². The molecule has 0 spiro atoms. The number of benzene rings is 2. The zero-order chi connectivity index (χ0) is 22.3. The van der Waals surface area contributed by atoms with E-state index in [0.29, 0.717) is 37.7 Å². The number of fused-ring (bicyclic) bond motifs is 1. The molecule has 0 bridgehead atoms. The Balaban J connectivity index is 1.61. The van der Waals surface area contributed by atoms with Crippen molar-refractivity contribution in [3.63, 3.8) is 0 Å². The number of anilines is 1. The number of nitrogens with zero attached hydrogens (tertiary/aromatic N) is 4. The van der Waals surface area contributed by atoms with Crippen molar-refractivity contribution in [2.24, 2.45) is 0 Å². The third kappa shape index (κ3) is 3.91. The zero-order valence-corrected chi connectivity index (χ0v) is 17.2. The molecule has 0 radical (unpaired) electrons. The van der Waals surface area contributed by atoms with Crippen molar-refractivity contribution in [1.29, 1.82) is 0 Å². The fraction of sp³-hybridized carbons (Fsp3) is 0.261. The summed E-state index contributed by atoms with van der Waals surface area (Å²) in [4.78, 5) is 11.4. The zero-order valence-electron chi connectivity index (χ0n) is 17.2. The maximum absolute atomic E-state index is 13.1. The third-order valence-electron chi connectivity index (χ3n) is 5.36. The minimum atomic E-state index is -4.46. The van der Waals surface area contributed by atoms with Gasteiger partial charge in [-0.2, -0.15) is 18.2 Å². The Bertz CT molecular complexity index is 1280. The normalized spacial score (nSPS) is 14.8. The standard InChI is InChI=1S/C23H19F3N4O2/c1-14-5-6-19-16(11-14)13-18(21(27-19)30-7-9-31-10-8-30)20-28-22(32-29-20)15-3-2-4-17(12-15)23(24,25)26/h2-6,11-13H,7-10H2,1H3. The monoisotopic (exact) mass is 440 g/mol. The van der Waals surface area contributed by atoms with Crippen LogP contribution in [0.3, 0.4) is 0 Å². The van der Waals surface area contributed by atoms with E-state index in [1.165, 1.54) is 12.1 Å². The molecule has 0 saturated carbocycles. The summed E-state index contributed by atoms with van der Waals surface area (Å²) < 4.78 is 50.1. The minimum absolute atomic E-state index is 0.0170. The van der Waals surface area contributed by atoms with Gasteiger partial charge in [-0.05, 0) is 43.3 Å². The van der Waals surface area contributed by atoms with Gasteiger partial charge in [0.2, 0.25) is 5.82 Å². The van der Waals surface area contributed by atoms with E-state index >= 15 is 0 Å². The first-order valence-corrected chi connectivity index (χ1v) is 10.1. The maximum Gasteiger partial charge on any atom is 0.416 e. The molecular weight excluding hydrogens is 421 g/mol. The van der Waals surface area contributed by atoms with Crippen LogP contribution >= 0.6 is 0 Å². The second-order valence-corrected chi connectivity index (χ2v) is 7.66. The van der Waals surface area contributed by atoms with E-state index in [1.54, 1.807) is 0 Å². The van der Waals surface area contributed by atoms with Gasteiger partial charge in [-0.25, -0.2) is 4.98 Å². The van der Waals surface area contributed by atoms with Gasteiger partial charge in [0.1, 0.15) is 5.82 Å². The Morgan fingerprint density at radius 3 is 2.56 bits per heavy atom. The molecule has 5 rings (SSSR count). The van der Waals surface area contributed by atoms with Gasteiger partial charge in [-0.1, -0.05) is 22.9 Å². The molecule has 2 aromatic carbocycles. The van der Waals surface area contributed by atoms with Gasteiger partial charge in [-0.15, -0.1) is 0 Å². The Labute approximate surface area is 181 Å². The van der Waals surface area contributed by atoms with Crippen LogP contribution in [0.4, 0.5) is 19.0 Å². The van der Waals surface area contributed by atoms with Crippen molar-refractivity contribution in [2.75, 3.05) is 31.2 Å². The van der Waals surface area contributed by atoms with Crippen molar-refractivity contribution >= 4 is 16.7 Å². The van der Waals surface area contributed by atoms with Crippen LogP contribution in [0, 0.1) is 6.92 Å². The molecule has 9 heteroatoms. The Kier molecular flexibility index (Phi) is 5.05. The number of hydrogen-bond acceptors (Lipinski definition) is 6. The highest BCUT2D eigenvalue weighted by atomic mass is 19.4. The molecule has 3 heterocycles. The van der Waals surface area contributed by atoms with Gasteiger partial charge in [0.25, 0.3) is 5.89 Å². The summed E-state index contributed by atoms with van der Waals surface area (Å²) >= 11 is 0. The van der Waals surface area contributed by atoms with Crippen LogP contribution in [-0.2, 0) is 10.9 Å². The number of morpholine rings is 1. The van der Waals surface area contributed by atoms with Gasteiger partial charge in [-0.3, -0.25) is 0 Å². The first kappa shape index (κ1) is 20.4. The van der Waals surface area contributed by atoms with E-state index in [4.69, 9.17) is 14.2 Å². The molecule has 0 aliphatic carbocycles. The van der Waals surface area contributed by atoms with Gasteiger partial charge in [0, 0.05) is 24.0 Å². The highest BCUT2D eigenvalue weighted by molar-refractivity contribution is 5.88. The van der Waals surface area contributed by atoms with E-state index in [-0.39, 0.29) is 17.3 Å². The quantitative estimate of drug-likeness (QED) is 0.441. The summed E-state index contributed by atoms with van der Waals surface area (Å²) in [6.07, 6.45) is -4.46. The lowest BCUT2D eigenvalue weighted by Crippen LogP contribution is -2.37. The van der Waals surface area contributed by atoms with Crippen molar-refractivity contribution in [3.05, 3.63) is 59.7 Å². The predicted octanol–water partition coefficient (Wildman–Crippen LogP) is 5.12. The first-order valence-electron chi connectivity index (χ1n) is 10.1. The van der Waals surface area contributed by atoms with E-state index in [1.807, 2.05) is 31.2 Å². The van der Waals surface area contributed by atoms with Crippen molar-refractivity contribution in [3.8, 4) is 22.8 Å². The molecule has 0 atom stereocenters. The minimum Gasteiger partial charge on any atom is -0.378 e. The van der Waals surface area contributed by atoms with Crippen molar-refractivity contribution in [2.45, 2.75) is 13.1 Å². The van der Waals surface area contributed by atoms with Crippen LogP contribution in [0.25, 0.3) is 33.7 Å². The Hall–Kier alpha value is -3.46. The Morgan fingerprint density at radius 1 is 0.969 bits per heavy atom. The molecule has 4 aromatic rings. The number of aromatic nitrogens is 3. The molecule has 32 heavy (non-hydrogen) atoms. The van der Waals surface area contributed by atoms with Crippen LogP contribution in [0.15, 0.2) is 53.1 Å². The lowest BCUT2D eigenvalue weighted by atomic mass is 10.1. The number of hydrogen-bond donors (Lipinski definition) is 0. The van der Waals surface area contributed by atoms with Crippen molar-refractivity contribution < 1.29 is 22.4 Å². The maximum atomic E-state index is 13.1. The summed E-state index contributed by atoms with van der Waals surface area (Å²) in [6, 6.07) is 12.8. The van der Waals surface area contributed by atoms with Crippen LogP contribution < -0.4 is 4.90 Å². The summed E-state index contributed by atoms with van der Waals surface area (Å²) in [7, 11) is 0. The second kappa shape index (κ2) is 7.90. The molecule has 0 amide bonds. The summed E-state index contributed by atoms with van der Waals surface area (Å²) in [6.45, 7) is 4.48. The molecule has 164 valence electrons. The average molecular weight is 440 g/mol. The SMILES string of the molecule is Cc1ccc2nc(N3CCOCC3)c(-c3noc(-c4cccc(C(F)(F)F)c4)n3)cc2c1. The van der Waals surface area contributed by atoms with Gasteiger partial charge in [0.15, 0.2) is 0 Å². The smallest absolute Gasteiger partial charge is 0.378 e. The summed E-state index contributed by atoms with van der Waals surface area (Å²) in [5.41, 5.74) is 2.01. The lowest BCUT2D eigenvalue weighted by Gasteiger charge is -2.29. The van der Waals surface area contributed by atoms with E-state index in [2.05, 4.69) is 15.0 Å². The number of ether oxygens (including phenoxy) is 1. The fourth-order valence-electron chi connectivity index (χ4n) is 3.75. The van der Waals surface area contributed by atoms with E-state index in [9.17, 15) is 13.2 Å². The molecule has 1 aliphatic heterocycles. The molecule has 1 saturated heterocycles. The predicted molar refractivity (Wildman–Crippen MR) is 113 cm³/mol. The average Bonchev–Trinajstić information content (AvgIpc) is 3.28. The number of pyridine rings is 1. The molecule has 1 fully saturated rings. The van der Waals surface area contributed by atoms with Crippen LogP contribution in [0.1, 0.15) is 11.1 Å². The van der Waals surface area contributed by atoms with E-state index in [0.717, 1.165) is 28.6 Å². The number of alkyl halides is 3. The van der Waals surface area contributed by atoms with Gasteiger partial charge >= 0.3 is 6.18 Å². The highest BCUT2D eigenvalue weighted by Gasteiger charge is 2.31.